The average molecular weight is 200 g/mol. The van der Waals surface area contributed by atoms with Crippen LogP contribution in [0.4, 0.5) is 0 Å². The predicted molar refractivity (Wildman–Crippen MR) is 64.0 cm³/mol. The van der Waals surface area contributed by atoms with Gasteiger partial charge in [0.1, 0.15) is 0 Å². The molecule has 0 nitrogen and oxygen atoms in total. The summed E-state index contributed by atoms with van der Waals surface area (Å²) < 4.78 is 0. The van der Waals surface area contributed by atoms with Gasteiger partial charge in [-0.3, -0.25) is 0 Å². The minimum absolute atomic E-state index is 0.217. The van der Waals surface area contributed by atoms with E-state index in [2.05, 4.69) is 41.5 Å². The smallest absolute Gasteiger partial charge is 0.0144 e. The van der Waals surface area contributed by atoms with Gasteiger partial charge >= 0.3 is 0 Å². The molecule has 0 radical (unpaired) electrons. The van der Waals surface area contributed by atoms with Crippen molar-refractivity contribution in [2.24, 2.45) is 5.92 Å². The van der Waals surface area contributed by atoms with Crippen molar-refractivity contribution in [3.05, 3.63) is 0 Å². The fourth-order valence-corrected chi connectivity index (χ4v) is 8.09. The average Bonchev–Trinajstić information content (AvgIpc) is 1.79. The van der Waals surface area contributed by atoms with Crippen molar-refractivity contribution in [3.8, 4) is 0 Å². The first kappa shape index (κ1) is 11.5. The highest BCUT2D eigenvalue weighted by Crippen LogP contribution is 2.66. The van der Waals surface area contributed by atoms with Crippen molar-refractivity contribution in [1.82, 2.24) is 0 Å². The molecule has 1 fully saturated rings. The lowest BCUT2D eigenvalue weighted by Gasteiger charge is -2.52. The van der Waals surface area contributed by atoms with Crippen LogP contribution in [0.25, 0.3) is 0 Å². The molecule has 0 aromatic rings. The van der Waals surface area contributed by atoms with Gasteiger partial charge in [-0.25, -0.2) is 0 Å². The van der Waals surface area contributed by atoms with E-state index >= 15 is 0 Å². The molecular weight excluding hydrogens is 175 g/mol. The summed E-state index contributed by atoms with van der Waals surface area (Å²) >= 11 is 0. The highest BCUT2D eigenvalue weighted by Gasteiger charge is 2.44. The van der Waals surface area contributed by atoms with Crippen LogP contribution < -0.4 is 0 Å². The fourth-order valence-electron chi connectivity index (χ4n) is 3.67. The summed E-state index contributed by atoms with van der Waals surface area (Å²) in [6.07, 6.45) is 4.29. The SMILES string of the molecule is CCP1C(C)(C)CC(C)CC1(C)C. The van der Waals surface area contributed by atoms with Crippen molar-refractivity contribution < 1.29 is 0 Å². The van der Waals surface area contributed by atoms with Crippen molar-refractivity contribution in [2.75, 3.05) is 6.16 Å². The number of hydrogen-bond acceptors (Lipinski definition) is 0. The van der Waals surface area contributed by atoms with Crippen LogP contribution in [-0.2, 0) is 0 Å². The van der Waals surface area contributed by atoms with E-state index in [0.717, 1.165) is 5.92 Å². The minimum Gasteiger partial charge on any atom is -0.0953 e. The molecular formula is C12H25P. The van der Waals surface area contributed by atoms with Gasteiger partial charge in [-0.1, -0.05) is 49.5 Å². The summed E-state index contributed by atoms with van der Waals surface area (Å²) in [7, 11) is 0.217. The predicted octanol–water partition coefficient (Wildman–Crippen LogP) is 4.48. The minimum atomic E-state index is 0.217. The van der Waals surface area contributed by atoms with Gasteiger partial charge in [-0.15, -0.1) is 0 Å². The normalized spacial score (nSPS) is 37.4. The second kappa shape index (κ2) is 3.54. The molecule has 1 heteroatoms. The maximum absolute atomic E-state index is 2.49. The monoisotopic (exact) mass is 200 g/mol. The molecule has 0 aliphatic carbocycles. The Hall–Kier alpha value is 0.430. The molecule has 0 bridgehead atoms. The molecule has 1 aliphatic rings. The van der Waals surface area contributed by atoms with Gasteiger partial charge in [-0.2, -0.15) is 0 Å². The molecule has 0 amide bonds. The first-order valence-electron chi connectivity index (χ1n) is 5.57. The molecule has 1 rings (SSSR count). The van der Waals surface area contributed by atoms with E-state index in [0.29, 0.717) is 10.3 Å². The van der Waals surface area contributed by atoms with Gasteiger partial charge in [-0.05, 0) is 35.2 Å². The van der Waals surface area contributed by atoms with E-state index in [9.17, 15) is 0 Å². The summed E-state index contributed by atoms with van der Waals surface area (Å²) in [5, 5.41) is 1.23. The molecule has 0 saturated carbocycles. The molecule has 0 N–H and O–H groups in total. The van der Waals surface area contributed by atoms with Crippen molar-refractivity contribution in [2.45, 2.75) is 64.7 Å². The first-order valence-corrected chi connectivity index (χ1v) is 7.10. The lowest BCUT2D eigenvalue weighted by atomic mass is 9.89. The zero-order valence-corrected chi connectivity index (χ0v) is 11.0. The summed E-state index contributed by atoms with van der Waals surface area (Å²) in [6.45, 7) is 14.7. The van der Waals surface area contributed by atoms with E-state index in [-0.39, 0.29) is 7.92 Å². The van der Waals surface area contributed by atoms with Gasteiger partial charge in [0, 0.05) is 0 Å². The Morgan fingerprint density at radius 3 is 1.77 bits per heavy atom. The zero-order chi connectivity index (χ0) is 10.3. The van der Waals surface area contributed by atoms with E-state index in [1.807, 2.05) is 0 Å². The van der Waals surface area contributed by atoms with E-state index in [4.69, 9.17) is 0 Å². The Labute approximate surface area is 85.2 Å². The van der Waals surface area contributed by atoms with Crippen molar-refractivity contribution >= 4 is 7.92 Å². The maximum Gasteiger partial charge on any atom is -0.0144 e. The fraction of sp³-hybridized carbons (Fsp3) is 1.00. The number of hydrogen-bond donors (Lipinski definition) is 0. The van der Waals surface area contributed by atoms with Crippen LogP contribution in [0.5, 0.6) is 0 Å². The number of rotatable bonds is 1. The molecule has 1 heterocycles. The van der Waals surface area contributed by atoms with Gasteiger partial charge in [0.05, 0.1) is 0 Å². The van der Waals surface area contributed by atoms with Crippen LogP contribution in [0.1, 0.15) is 54.4 Å². The molecule has 0 atom stereocenters. The third-order valence-corrected chi connectivity index (χ3v) is 7.39. The second-order valence-electron chi connectivity index (χ2n) is 5.88. The lowest BCUT2D eigenvalue weighted by molar-refractivity contribution is 0.360. The third-order valence-electron chi connectivity index (χ3n) is 3.47. The van der Waals surface area contributed by atoms with Crippen molar-refractivity contribution in [1.29, 1.82) is 0 Å². The summed E-state index contributed by atoms with van der Waals surface area (Å²) in [5.74, 6) is 0.926. The Kier molecular flexibility index (Phi) is 3.13. The third kappa shape index (κ3) is 2.27. The summed E-state index contributed by atoms with van der Waals surface area (Å²) in [5.41, 5.74) is 0. The highest BCUT2D eigenvalue weighted by atomic mass is 31.1. The Balaban J connectivity index is 2.88. The molecule has 13 heavy (non-hydrogen) atoms. The lowest BCUT2D eigenvalue weighted by Crippen LogP contribution is -2.39. The van der Waals surface area contributed by atoms with Crippen LogP contribution in [-0.4, -0.2) is 16.5 Å². The Morgan fingerprint density at radius 2 is 1.46 bits per heavy atom. The first-order chi connectivity index (χ1) is 5.79. The van der Waals surface area contributed by atoms with Crippen LogP contribution in [0.2, 0.25) is 0 Å². The van der Waals surface area contributed by atoms with Crippen LogP contribution in [0, 0.1) is 5.92 Å². The van der Waals surface area contributed by atoms with E-state index in [1.54, 1.807) is 0 Å². The van der Waals surface area contributed by atoms with E-state index in [1.165, 1.54) is 19.0 Å². The molecule has 0 spiro atoms. The van der Waals surface area contributed by atoms with Crippen LogP contribution >= 0.6 is 7.92 Å². The molecule has 0 aromatic carbocycles. The van der Waals surface area contributed by atoms with Crippen molar-refractivity contribution in [3.63, 3.8) is 0 Å². The van der Waals surface area contributed by atoms with Gasteiger partial charge in [0.15, 0.2) is 0 Å². The van der Waals surface area contributed by atoms with Crippen LogP contribution in [0.15, 0.2) is 0 Å². The maximum atomic E-state index is 2.49. The molecule has 78 valence electrons. The van der Waals surface area contributed by atoms with Crippen LogP contribution in [0.3, 0.4) is 0 Å². The Morgan fingerprint density at radius 1 is 1.08 bits per heavy atom. The highest BCUT2D eigenvalue weighted by molar-refractivity contribution is 7.60. The van der Waals surface area contributed by atoms with Gasteiger partial charge in [0.25, 0.3) is 0 Å². The topological polar surface area (TPSA) is 0 Å². The van der Waals surface area contributed by atoms with E-state index < -0.39 is 0 Å². The second-order valence-corrected chi connectivity index (χ2v) is 9.79. The van der Waals surface area contributed by atoms with Gasteiger partial charge in [0.2, 0.25) is 0 Å². The zero-order valence-electron chi connectivity index (χ0n) is 10.1. The van der Waals surface area contributed by atoms with Gasteiger partial charge < -0.3 is 0 Å². The quantitative estimate of drug-likeness (QED) is 0.548. The standard InChI is InChI=1S/C12H25P/c1-7-13-11(3,4)8-10(2)9-12(13,5)6/h10H,7-9H2,1-6H3. The largest absolute Gasteiger partial charge is 0.0953 e. The molecule has 0 aromatic heterocycles. The molecule has 0 unspecified atom stereocenters. The Bertz CT molecular complexity index is 164. The summed E-state index contributed by atoms with van der Waals surface area (Å²) in [6, 6.07) is 0. The molecule has 1 saturated heterocycles. The molecule has 1 aliphatic heterocycles. The summed E-state index contributed by atoms with van der Waals surface area (Å²) in [4.78, 5) is 0.